The van der Waals surface area contributed by atoms with E-state index in [1.165, 1.54) is 16.3 Å². The second-order valence-corrected chi connectivity index (χ2v) is 5.74. The van der Waals surface area contributed by atoms with Crippen LogP contribution in [0.5, 0.6) is 0 Å². The molecule has 0 radical (unpaired) electrons. The molecule has 0 saturated carbocycles. The summed E-state index contributed by atoms with van der Waals surface area (Å²) in [6, 6.07) is 1.18. The maximum absolute atomic E-state index is 12.3. The van der Waals surface area contributed by atoms with Crippen molar-refractivity contribution in [1.29, 1.82) is 0 Å². The Morgan fingerprint density at radius 1 is 1.50 bits per heavy atom. The number of carbonyl (C=O) groups excluding carboxylic acids is 1. The highest BCUT2D eigenvalue weighted by molar-refractivity contribution is 7.13. The molecule has 1 aromatic heterocycles. The van der Waals surface area contributed by atoms with Gasteiger partial charge < -0.3 is 10.0 Å². The fourth-order valence-electron chi connectivity index (χ4n) is 2.29. The number of hydrogen-bond acceptors (Lipinski definition) is 5. The Kier molecular flexibility index (Phi) is 4.03. The van der Waals surface area contributed by atoms with Gasteiger partial charge in [-0.2, -0.15) is 0 Å². The van der Waals surface area contributed by atoms with E-state index < -0.39 is 16.8 Å². The van der Waals surface area contributed by atoms with E-state index in [-0.39, 0.29) is 29.1 Å². The quantitative estimate of drug-likeness (QED) is 0.679. The van der Waals surface area contributed by atoms with Gasteiger partial charge in [0, 0.05) is 24.0 Å². The van der Waals surface area contributed by atoms with Crippen molar-refractivity contribution in [3.8, 4) is 0 Å². The monoisotopic (exact) mass is 298 g/mol. The lowest BCUT2D eigenvalue weighted by molar-refractivity contribution is -0.380. The Morgan fingerprint density at radius 2 is 2.20 bits per heavy atom. The number of nitrogens with zero attached hydrogens (tertiary/aromatic N) is 2. The summed E-state index contributed by atoms with van der Waals surface area (Å²) in [6.45, 7) is 2.01. The van der Waals surface area contributed by atoms with E-state index in [0.717, 1.165) is 11.3 Å². The first kappa shape index (κ1) is 14.4. The normalized spacial score (nSPS) is 22.6. The van der Waals surface area contributed by atoms with Crippen molar-refractivity contribution in [3.63, 3.8) is 0 Å². The number of carbonyl (C=O) groups is 2. The molecule has 20 heavy (non-hydrogen) atoms. The third kappa shape index (κ3) is 2.79. The molecule has 7 nitrogen and oxygen atoms in total. The summed E-state index contributed by atoms with van der Waals surface area (Å²) >= 11 is 0.895. The molecule has 108 valence electrons. The number of rotatable bonds is 3. The number of aliphatic carboxylic acids is 1. The fourth-order valence-corrected chi connectivity index (χ4v) is 2.99. The summed E-state index contributed by atoms with van der Waals surface area (Å²) in [5.41, 5.74) is 0.250. The summed E-state index contributed by atoms with van der Waals surface area (Å²) in [5, 5.41) is 21.0. The number of hydrogen-bond donors (Lipinski definition) is 1. The molecule has 0 aliphatic carbocycles. The smallest absolute Gasteiger partial charge is 0.324 e. The van der Waals surface area contributed by atoms with Gasteiger partial charge >= 0.3 is 11.0 Å². The van der Waals surface area contributed by atoms with E-state index in [0.29, 0.717) is 12.8 Å². The van der Waals surface area contributed by atoms with Crippen LogP contribution in [0.4, 0.5) is 5.00 Å². The van der Waals surface area contributed by atoms with Crippen molar-refractivity contribution >= 4 is 28.2 Å². The van der Waals surface area contributed by atoms with Crippen molar-refractivity contribution in [2.45, 2.75) is 25.8 Å². The maximum Gasteiger partial charge on any atom is 0.324 e. The van der Waals surface area contributed by atoms with Crippen LogP contribution in [0.25, 0.3) is 0 Å². The van der Waals surface area contributed by atoms with Crippen LogP contribution in [0.2, 0.25) is 0 Å². The topological polar surface area (TPSA) is 101 Å². The first-order chi connectivity index (χ1) is 9.40. The summed E-state index contributed by atoms with van der Waals surface area (Å²) in [4.78, 5) is 35.0. The molecule has 1 amide bonds. The average molecular weight is 298 g/mol. The number of nitro groups is 1. The number of amides is 1. The SMILES string of the molecule is CC1CCC(C(=O)O)CN1C(=O)c1csc([N+](=O)[O-])c1. The fraction of sp³-hybridized carbons (Fsp3) is 0.500. The molecular weight excluding hydrogens is 284 g/mol. The van der Waals surface area contributed by atoms with Crippen LogP contribution >= 0.6 is 11.3 Å². The number of carboxylic acid groups (broad SMARTS) is 1. The van der Waals surface area contributed by atoms with E-state index in [2.05, 4.69) is 0 Å². The van der Waals surface area contributed by atoms with E-state index >= 15 is 0 Å². The van der Waals surface area contributed by atoms with Gasteiger partial charge in [0.15, 0.2) is 0 Å². The first-order valence-electron chi connectivity index (χ1n) is 6.17. The average Bonchev–Trinajstić information content (AvgIpc) is 2.88. The zero-order valence-electron chi connectivity index (χ0n) is 10.8. The van der Waals surface area contributed by atoms with Crippen LogP contribution < -0.4 is 0 Å². The van der Waals surface area contributed by atoms with Gasteiger partial charge in [-0.1, -0.05) is 11.3 Å². The Morgan fingerprint density at radius 3 is 2.75 bits per heavy atom. The number of carboxylic acids is 1. The number of piperidine rings is 1. The molecule has 2 heterocycles. The van der Waals surface area contributed by atoms with Gasteiger partial charge in [0.2, 0.25) is 0 Å². The second-order valence-electron chi connectivity index (χ2n) is 4.85. The van der Waals surface area contributed by atoms with Crippen LogP contribution in [0, 0.1) is 16.0 Å². The van der Waals surface area contributed by atoms with Gasteiger partial charge in [0.1, 0.15) is 0 Å². The lowest BCUT2D eigenvalue weighted by Crippen LogP contribution is -2.47. The van der Waals surface area contributed by atoms with E-state index in [9.17, 15) is 19.7 Å². The van der Waals surface area contributed by atoms with Gasteiger partial charge in [0.05, 0.1) is 16.4 Å². The van der Waals surface area contributed by atoms with Gasteiger partial charge in [-0.15, -0.1) is 0 Å². The summed E-state index contributed by atoms with van der Waals surface area (Å²) in [7, 11) is 0. The predicted octanol–water partition coefficient (Wildman–Crippen LogP) is 1.98. The lowest BCUT2D eigenvalue weighted by atomic mass is 9.93. The Balaban J connectivity index is 2.17. The van der Waals surface area contributed by atoms with Crippen LogP contribution in [0.1, 0.15) is 30.1 Å². The maximum atomic E-state index is 12.3. The molecule has 0 aromatic carbocycles. The highest BCUT2D eigenvalue weighted by Gasteiger charge is 2.33. The van der Waals surface area contributed by atoms with Gasteiger partial charge in [-0.05, 0) is 19.8 Å². The van der Waals surface area contributed by atoms with E-state index in [4.69, 9.17) is 5.11 Å². The molecule has 2 unspecified atom stereocenters. The zero-order chi connectivity index (χ0) is 14.9. The van der Waals surface area contributed by atoms with Crippen LogP contribution in [0.3, 0.4) is 0 Å². The van der Waals surface area contributed by atoms with Crippen molar-refractivity contribution in [1.82, 2.24) is 4.90 Å². The van der Waals surface area contributed by atoms with E-state index in [1.54, 1.807) is 0 Å². The molecule has 1 fully saturated rings. The number of thiophene rings is 1. The predicted molar refractivity (Wildman–Crippen MR) is 71.8 cm³/mol. The second kappa shape index (κ2) is 5.58. The Bertz CT molecular complexity index is 556. The molecule has 8 heteroatoms. The Labute approximate surface area is 119 Å². The molecule has 1 saturated heterocycles. The molecule has 1 aliphatic rings. The van der Waals surface area contributed by atoms with E-state index in [1.807, 2.05) is 6.92 Å². The molecule has 0 spiro atoms. The third-order valence-corrected chi connectivity index (χ3v) is 4.38. The van der Waals surface area contributed by atoms with Crippen molar-refractivity contribution < 1.29 is 19.6 Å². The highest BCUT2D eigenvalue weighted by Crippen LogP contribution is 2.27. The number of likely N-dealkylation sites (tertiary alicyclic amines) is 1. The highest BCUT2D eigenvalue weighted by atomic mass is 32.1. The van der Waals surface area contributed by atoms with Gasteiger partial charge in [-0.3, -0.25) is 19.7 Å². The molecule has 2 rings (SSSR count). The summed E-state index contributed by atoms with van der Waals surface area (Å²) in [6.07, 6.45) is 1.17. The first-order valence-corrected chi connectivity index (χ1v) is 7.04. The molecular formula is C12H14N2O5S. The largest absolute Gasteiger partial charge is 0.481 e. The van der Waals surface area contributed by atoms with Crippen molar-refractivity contribution in [3.05, 3.63) is 27.1 Å². The van der Waals surface area contributed by atoms with Gasteiger partial charge in [-0.25, -0.2) is 0 Å². The molecule has 0 bridgehead atoms. The standard InChI is InChI=1S/C12H14N2O5S/c1-7-2-3-8(12(16)17)5-13(7)11(15)9-4-10(14(18)19)20-6-9/h4,6-8H,2-3,5H2,1H3,(H,16,17). The van der Waals surface area contributed by atoms with Crippen molar-refractivity contribution in [2.75, 3.05) is 6.54 Å². The zero-order valence-corrected chi connectivity index (χ0v) is 11.6. The van der Waals surface area contributed by atoms with Crippen LogP contribution in [0.15, 0.2) is 11.4 Å². The summed E-state index contributed by atoms with van der Waals surface area (Å²) in [5.74, 6) is -1.82. The van der Waals surface area contributed by atoms with Crippen LogP contribution in [-0.2, 0) is 4.79 Å². The summed E-state index contributed by atoms with van der Waals surface area (Å²) < 4.78 is 0. The molecule has 1 aromatic rings. The minimum absolute atomic E-state index is 0.0583. The lowest BCUT2D eigenvalue weighted by Gasteiger charge is -2.36. The minimum atomic E-state index is -0.911. The Hall–Kier alpha value is -1.96. The van der Waals surface area contributed by atoms with Gasteiger partial charge in [0.25, 0.3) is 5.91 Å². The minimum Gasteiger partial charge on any atom is -0.481 e. The van der Waals surface area contributed by atoms with Crippen LogP contribution in [-0.4, -0.2) is 39.4 Å². The van der Waals surface area contributed by atoms with Crippen molar-refractivity contribution in [2.24, 2.45) is 5.92 Å². The molecule has 2 atom stereocenters. The third-order valence-electron chi connectivity index (χ3n) is 3.50. The molecule has 1 N–H and O–H groups in total. The molecule has 1 aliphatic heterocycles.